The van der Waals surface area contributed by atoms with Crippen LogP contribution in [0.3, 0.4) is 0 Å². The van der Waals surface area contributed by atoms with Crippen molar-refractivity contribution in [2.75, 3.05) is 13.1 Å². The first-order valence-corrected chi connectivity index (χ1v) is 3.31. The normalized spacial score (nSPS) is 20.4. The van der Waals surface area contributed by atoms with Crippen LogP contribution in [0.2, 0.25) is 0 Å². The molecule has 1 aliphatic heterocycles. The molecule has 0 aliphatic carbocycles. The van der Waals surface area contributed by atoms with Crippen molar-refractivity contribution >= 4 is 12.0 Å². The van der Waals surface area contributed by atoms with Crippen LogP contribution in [-0.4, -0.2) is 31.2 Å². The molecule has 1 atom stereocenters. The molecule has 1 heterocycles. The van der Waals surface area contributed by atoms with Gasteiger partial charge in [-0.15, -0.1) is 0 Å². The van der Waals surface area contributed by atoms with Gasteiger partial charge in [-0.1, -0.05) is 6.54 Å². The van der Waals surface area contributed by atoms with Gasteiger partial charge in [-0.25, -0.2) is 0 Å². The maximum Gasteiger partial charge on any atom is 0.229 e. The summed E-state index contributed by atoms with van der Waals surface area (Å²) in [6.45, 7) is 2.11. The molecule has 0 bridgehead atoms. The first-order valence-electron chi connectivity index (χ1n) is 3.31. The molecule has 0 spiro atoms. The minimum absolute atomic E-state index is 0. The van der Waals surface area contributed by atoms with Crippen molar-refractivity contribution in [3.05, 3.63) is 5.32 Å². The van der Waals surface area contributed by atoms with Gasteiger partial charge in [-0.2, -0.15) is 0 Å². The van der Waals surface area contributed by atoms with Crippen LogP contribution in [0.15, 0.2) is 0 Å². The first kappa shape index (κ1) is 11.8. The van der Waals surface area contributed by atoms with Crippen LogP contribution in [0.1, 0.15) is 6.92 Å². The third kappa shape index (κ3) is 4.02. The van der Waals surface area contributed by atoms with Crippen molar-refractivity contribution in [3.63, 3.8) is 0 Å². The van der Waals surface area contributed by atoms with Gasteiger partial charge in [-0.05, 0) is 0 Å². The van der Waals surface area contributed by atoms with E-state index in [-0.39, 0.29) is 44.7 Å². The molecule has 0 aromatic carbocycles. The second kappa shape index (κ2) is 5.48. The van der Waals surface area contributed by atoms with E-state index in [1.165, 1.54) is 6.92 Å². The minimum Gasteiger partial charge on any atom is -0.614 e. The van der Waals surface area contributed by atoms with Crippen LogP contribution in [0, 0.1) is 0 Å². The summed E-state index contributed by atoms with van der Waals surface area (Å²) in [5, 5.41) is 6.01. The number of rotatable bonds is 2. The summed E-state index contributed by atoms with van der Waals surface area (Å²) in [4.78, 5) is 20.8. The summed E-state index contributed by atoms with van der Waals surface area (Å²) in [5.41, 5.74) is 0. The smallest absolute Gasteiger partial charge is 0.229 e. The van der Waals surface area contributed by atoms with Gasteiger partial charge >= 0.3 is 0 Å². The minimum atomic E-state index is -0.541. The van der Waals surface area contributed by atoms with E-state index >= 15 is 0 Å². The molecule has 2 amide bonds. The Kier molecular flexibility index (Phi) is 5.41. The Hall–Kier alpha value is -0.156. The molecule has 0 saturated carbocycles. The molecular formula is C6H9N2O3Y-. The van der Waals surface area contributed by atoms with Crippen molar-refractivity contribution in [2.45, 2.75) is 13.0 Å². The summed E-state index contributed by atoms with van der Waals surface area (Å²) >= 11 is 0. The van der Waals surface area contributed by atoms with Gasteiger partial charge < -0.3 is 15.4 Å². The van der Waals surface area contributed by atoms with Gasteiger partial charge in [0.15, 0.2) is 0 Å². The molecule has 5 nitrogen and oxygen atoms in total. The summed E-state index contributed by atoms with van der Waals surface area (Å²) in [5.74, 6) is -0.132. The van der Waals surface area contributed by atoms with Gasteiger partial charge in [0.1, 0.15) is 6.10 Å². The van der Waals surface area contributed by atoms with Crippen molar-refractivity contribution in [1.29, 1.82) is 0 Å². The summed E-state index contributed by atoms with van der Waals surface area (Å²) < 4.78 is 4.69. The molecule has 1 fully saturated rings. The Morgan fingerprint density at radius 2 is 2.50 bits per heavy atom. The van der Waals surface area contributed by atoms with Crippen LogP contribution in [0.5, 0.6) is 0 Å². The second-order valence-electron chi connectivity index (χ2n) is 2.28. The van der Waals surface area contributed by atoms with E-state index in [9.17, 15) is 9.59 Å². The Morgan fingerprint density at radius 1 is 1.83 bits per heavy atom. The molecule has 0 unspecified atom stereocenters. The predicted octanol–water partition coefficient (Wildman–Crippen LogP) is 0.0125. The molecule has 1 radical (unpaired) electrons. The molecule has 1 N–H and O–H groups in total. The van der Waals surface area contributed by atoms with Gasteiger partial charge in [0.05, 0.1) is 6.54 Å². The van der Waals surface area contributed by atoms with Crippen LogP contribution < -0.4 is 5.32 Å². The van der Waals surface area contributed by atoms with Crippen molar-refractivity contribution < 1.29 is 47.0 Å². The number of nitrogens with zero attached hydrogens (tertiary/aromatic N) is 1. The fraction of sp³-hybridized carbons (Fsp3) is 0.667. The maximum atomic E-state index is 10.4. The molecule has 1 aliphatic rings. The molecule has 0 aromatic heterocycles. The number of hydrogen-bond donors (Lipinski definition) is 1. The molecule has 1 rings (SSSR count). The Bertz CT molecular complexity index is 186. The fourth-order valence-electron chi connectivity index (χ4n) is 0.757. The van der Waals surface area contributed by atoms with E-state index in [4.69, 9.17) is 4.74 Å². The van der Waals surface area contributed by atoms with Gasteiger partial charge in [0.2, 0.25) is 12.0 Å². The van der Waals surface area contributed by atoms with E-state index in [1.54, 1.807) is 0 Å². The van der Waals surface area contributed by atoms with Crippen LogP contribution in [-0.2, 0) is 42.2 Å². The van der Waals surface area contributed by atoms with Crippen molar-refractivity contribution in [1.82, 2.24) is 5.32 Å². The van der Waals surface area contributed by atoms with E-state index in [0.717, 1.165) is 0 Å². The zero-order valence-corrected chi connectivity index (χ0v) is 9.58. The number of carbonyl (C=O) groups is 2. The predicted molar refractivity (Wildman–Crippen MR) is 37.2 cm³/mol. The number of ether oxygens (including phenoxy) is 1. The number of carbonyl (C=O) groups excluding carboxylic acids is 2. The molecular weight excluding hydrogens is 237 g/mol. The zero-order chi connectivity index (χ0) is 8.27. The molecule has 1 saturated heterocycles. The van der Waals surface area contributed by atoms with Crippen LogP contribution in [0.25, 0.3) is 5.32 Å². The average Bonchev–Trinajstić information content (AvgIpc) is 2.31. The average molecular weight is 246 g/mol. The van der Waals surface area contributed by atoms with E-state index < -0.39 is 6.09 Å². The molecule has 65 valence electrons. The number of nitrogens with one attached hydrogen (secondary N) is 1. The summed E-state index contributed by atoms with van der Waals surface area (Å²) in [6, 6.07) is 0. The van der Waals surface area contributed by atoms with E-state index in [2.05, 4.69) is 10.6 Å². The van der Waals surface area contributed by atoms with Gasteiger partial charge in [0, 0.05) is 39.6 Å². The Morgan fingerprint density at radius 3 is 2.92 bits per heavy atom. The number of cyclic esters (lactones) is 1. The summed E-state index contributed by atoms with van der Waals surface area (Å²) in [6.07, 6.45) is -0.813. The van der Waals surface area contributed by atoms with Crippen LogP contribution in [0.4, 0.5) is 4.79 Å². The Balaban J connectivity index is 0.00000121. The number of hydrogen-bond acceptors (Lipinski definition) is 3. The van der Waals surface area contributed by atoms with Crippen LogP contribution >= 0.6 is 0 Å². The third-order valence-electron chi connectivity index (χ3n) is 1.27. The third-order valence-corrected chi connectivity index (χ3v) is 1.27. The molecule has 0 aromatic rings. The monoisotopic (exact) mass is 246 g/mol. The first-order chi connectivity index (χ1) is 5.18. The Labute approximate surface area is 95.5 Å². The standard InChI is InChI=1S/C6H10N2O3.Y/c1-4(9)7-2-5-3-8-6(10)11-5;/h5H,2-3H2,1H3,(H2,7,8,9,10);/p-1/t5-;/m0./s1. The topological polar surface area (TPSA) is 69.5 Å². The summed E-state index contributed by atoms with van der Waals surface area (Å²) in [7, 11) is 0. The number of amides is 2. The van der Waals surface area contributed by atoms with E-state index in [0.29, 0.717) is 13.1 Å². The zero-order valence-electron chi connectivity index (χ0n) is 6.74. The SMILES string of the molecule is CC(=O)NC[C@H]1C[N-]C(=O)O1.[Y]. The van der Waals surface area contributed by atoms with Gasteiger partial charge in [-0.3, -0.25) is 9.59 Å². The van der Waals surface area contributed by atoms with Gasteiger partial charge in [0.25, 0.3) is 0 Å². The quantitative estimate of drug-likeness (QED) is 0.746. The van der Waals surface area contributed by atoms with Crippen molar-refractivity contribution in [3.8, 4) is 0 Å². The van der Waals surface area contributed by atoms with E-state index in [1.807, 2.05) is 0 Å². The molecule has 6 heteroatoms. The largest absolute Gasteiger partial charge is 0.614 e. The maximum absolute atomic E-state index is 10.4. The molecule has 12 heavy (non-hydrogen) atoms. The second-order valence-corrected chi connectivity index (χ2v) is 2.28. The van der Waals surface area contributed by atoms with Crippen molar-refractivity contribution in [2.24, 2.45) is 0 Å². The fourth-order valence-corrected chi connectivity index (χ4v) is 0.757.